The second-order valence-corrected chi connectivity index (χ2v) is 4.04. The maximum absolute atomic E-state index is 6.04. The van der Waals surface area contributed by atoms with Crippen LogP contribution in [-0.4, -0.2) is 20.2 Å². The minimum atomic E-state index is -0.0176. The third kappa shape index (κ3) is 2.84. The van der Waals surface area contributed by atoms with Crippen LogP contribution in [-0.2, 0) is 13.7 Å². The van der Waals surface area contributed by atoms with Crippen molar-refractivity contribution in [3.05, 3.63) is 35.7 Å². The van der Waals surface area contributed by atoms with Crippen LogP contribution in [0.4, 0.5) is 0 Å². The predicted octanol–water partition coefficient (Wildman–Crippen LogP) is 1.20. The normalized spacial score (nSPS) is 12.4. The highest BCUT2D eigenvalue weighted by Gasteiger charge is 2.10. The Labute approximate surface area is 106 Å². The molecule has 0 saturated carbocycles. The highest BCUT2D eigenvalue weighted by Crippen LogP contribution is 2.25. The van der Waals surface area contributed by atoms with E-state index in [0.717, 1.165) is 17.7 Å². The van der Waals surface area contributed by atoms with Crippen molar-refractivity contribution in [3.8, 4) is 5.75 Å². The number of nitrogens with zero attached hydrogens (tertiary/aromatic N) is 4. The minimum Gasteiger partial charge on any atom is -0.485 e. The van der Waals surface area contributed by atoms with Gasteiger partial charge in [-0.2, -0.15) is 4.80 Å². The zero-order valence-corrected chi connectivity index (χ0v) is 10.6. The van der Waals surface area contributed by atoms with Crippen LogP contribution in [0.25, 0.3) is 0 Å². The van der Waals surface area contributed by atoms with Crippen molar-refractivity contribution in [2.75, 3.05) is 0 Å². The molecule has 0 fully saturated rings. The molecule has 6 nitrogen and oxygen atoms in total. The van der Waals surface area contributed by atoms with Crippen molar-refractivity contribution < 1.29 is 4.74 Å². The molecule has 0 spiro atoms. The van der Waals surface area contributed by atoms with E-state index in [1.165, 1.54) is 4.80 Å². The van der Waals surface area contributed by atoms with E-state index in [9.17, 15) is 0 Å². The largest absolute Gasteiger partial charge is 0.485 e. The Morgan fingerprint density at radius 2 is 2.17 bits per heavy atom. The standard InChI is InChI=1S/C12H17N5O/c1-3-10(13)9-6-4-5-7-11(9)18-8-12-14-16-17(2)15-12/h4-7,10H,3,8,13H2,1-2H3/t10-/m0/s1. The van der Waals surface area contributed by atoms with Crippen molar-refractivity contribution in [1.29, 1.82) is 0 Å². The summed E-state index contributed by atoms with van der Waals surface area (Å²) in [7, 11) is 1.72. The number of para-hydroxylation sites is 1. The lowest BCUT2D eigenvalue weighted by atomic mass is 10.0. The molecule has 0 aliphatic heterocycles. The molecule has 2 aromatic rings. The summed E-state index contributed by atoms with van der Waals surface area (Å²) in [5, 5.41) is 11.7. The van der Waals surface area contributed by atoms with Gasteiger partial charge < -0.3 is 10.5 Å². The summed E-state index contributed by atoms with van der Waals surface area (Å²) in [6, 6.07) is 7.74. The lowest BCUT2D eigenvalue weighted by Crippen LogP contribution is -2.11. The van der Waals surface area contributed by atoms with Gasteiger partial charge in [0.2, 0.25) is 5.82 Å². The van der Waals surface area contributed by atoms with E-state index in [1.54, 1.807) is 7.05 Å². The van der Waals surface area contributed by atoms with Gasteiger partial charge in [0.25, 0.3) is 0 Å². The maximum Gasteiger partial charge on any atom is 0.212 e. The molecule has 1 atom stereocenters. The predicted molar refractivity (Wildman–Crippen MR) is 66.8 cm³/mol. The van der Waals surface area contributed by atoms with E-state index in [2.05, 4.69) is 15.4 Å². The third-order valence-corrected chi connectivity index (χ3v) is 2.66. The van der Waals surface area contributed by atoms with Gasteiger partial charge in [0, 0.05) is 11.6 Å². The van der Waals surface area contributed by atoms with Crippen LogP contribution in [0.15, 0.2) is 24.3 Å². The third-order valence-electron chi connectivity index (χ3n) is 2.66. The van der Waals surface area contributed by atoms with Crippen LogP contribution in [0.3, 0.4) is 0 Å². The summed E-state index contributed by atoms with van der Waals surface area (Å²) >= 11 is 0. The first-order valence-electron chi connectivity index (χ1n) is 5.91. The van der Waals surface area contributed by atoms with Crippen LogP contribution < -0.4 is 10.5 Å². The number of ether oxygens (including phenoxy) is 1. The summed E-state index contributed by atoms with van der Waals surface area (Å²) in [6.45, 7) is 2.34. The van der Waals surface area contributed by atoms with Crippen molar-refractivity contribution in [2.24, 2.45) is 12.8 Å². The zero-order chi connectivity index (χ0) is 13.0. The van der Waals surface area contributed by atoms with Crippen molar-refractivity contribution in [3.63, 3.8) is 0 Å². The lowest BCUT2D eigenvalue weighted by Gasteiger charge is -2.14. The molecule has 1 aromatic heterocycles. The van der Waals surface area contributed by atoms with Crippen molar-refractivity contribution in [1.82, 2.24) is 20.2 Å². The van der Waals surface area contributed by atoms with Crippen LogP contribution in [0, 0.1) is 0 Å². The number of tetrazole rings is 1. The van der Waals surface area contributed by atoms with E-state index < -0.39 is 0 Å². The molecule has 96 valence electrons. The van der Waals surface area contributed by atoms with E-state index in [1.807, 2.05) is 31.2 Å². The molecular weight excluding hydrogens is 230 g/mol. The molecule has 0 amide bonds. The summed E-state index contributed by atoms with van der Waals surface area (Å²) in [4.78, 5) is 1.41. The molecule has 2 rings (SSSR count). The van der Waals surface area contributed by atoms with Crippen LogP contribution >= 0.6 is 0 Å². The SMILES string of the molecule is CC[C@H](N)c1ccccc1OCc1nnn(C)n1. The Hall–Kier alpha value is -1.95. The van der Waals surface area contributed by atoms with Gasteiger partial charge in [0.05, 0.1) is 7.05 Å². The summed E-state index contributed by atoms with van der Waals surface area (Å²) in [6.07, 6.45) is 0.865. The van der Waals surface area contributed by atoms with Gasteiger partial charge in [-0.1, -0.05) is 25.1 Å². The monoisotopic (exact) mass is 247 g/mol. The Kier molecular flexibility index (Phi) is 3.88. The lowest BCUT2D eigenvalue weighted by molar-refractivity contribution is 0.290. The van der Waals surface area contributed by atoms with Crippen molar-refractivity contribution in [2.45, 2.75) is 26.0 Å². The van der Waals surface area contributed by atoms with Gasteiger partial charge >= 0.3 is 0 Å². The van der Waals surface area contributed by atoms with E-state index >= 15 is 0 Å². The highest BCUT2D eigenvalue weighted by atomic mass is 16.5. The molecule has 1 heterocycles. The molecule has 0 bridgehead atoms. The van der Waals surface area contributed by atoms with Gasteiger partial charge in [0.15, 0.2) is 6.61 Å². The molecule has 0 radical (unpaired) electrons. The number of benzene rings is 1. The quantitative estimate of drug-likeness (QED) is 0.858. The van der Waals surface area contributed by atoms with Gasteiger partial charge in [-0.25, -0.2) is 0 Å². The van der Waals surface area contributed by atoms with Gasteiger partial charge in [-0.3, -0.25) is 0 Å². The molecule has 6 heteroatoms. The smallest absolute Gasteiger partial charge is 0.212 e. The first-order valence-corrected chi connectivity index (χ1v) is 5.91. The Morgan fingerprint density at radius 1 is 1.39 bits per heavy atom. The number of aromatic nitrogens is 4. The zero-order valence-electron chi connectivity index (χ0n) is 10.6. The molecule has 0 aliphatic rings. The molecule has 0 saturated heterocycles. The fourth-order valence-electron chi connectivity index (χ4n) is 1.66. The molecule has 0 aliphatic carbocycles. The summed E-state index contributed by atoms with van der Waals surface area (Å²) in [5.74, 6) is 1.33. The van der Waals surface area contributed by atoms with Crippen molar-refractivity contribution >= 4 is 0 Å². The van der Waals surface area contributed by atoms with Crippen LogP contribution in [0.1, 0.15) is 30.8 Å². The highest BCUT2D eigenvalue weighted by molar-refractivity contribution is 5.35. The molecule has 2 N–H and O–H groups in total. The van der Waals surface area contributed by atoms with E-state index in [4.69, 9.17) is 10.5 Å². The topological polar surface area (TPSA) is 78.9 Å². The second kappa shape index (κ2) is 5.59. The van der Waals surface area contributed by atoms with Gasteiger partial charge in [-0.15, -0.1) is 10.2 Å². The first kappa shape index (κ1) is 12.5. The number of nitrogens with two attached hydrogens (primary N) is 1. The fraction of sp³-hybridized carbons (Fsp3) is 0.417. The number of hydrogen-bond donors (Lipinski definition) is 1. The number of aryl methyl sites for hydroxylation is 1. The average molecular weight is 247 g/mol. The Morgan fingerprint density at radius 3 is 2.83 bits per heavy atom. The molecule has 18 heavy (non-hydrogen) atoms. The van der Waals surface area contributed by atoms with E-state index in [-0.39, 0.29) is 6.04 Å². The maximum atomic E-state index is 6.04. The fourth-order valence-corrected chi connectivity index (χ4v) is 1.66. The molecular formula is C12H17N5O. The molecule has 0 unspecified atom stereocenters. The van der Waals surface area contributed by atoms with Crippen LogP contribution in [0.5, 0.6) is 5.75 Å². The van der Waals surface area contributed by atoms with Gasteiger partial charge in [0.1, 0.15) is 5.75 Å². The Bertz CT molecular complexity index is 511. The number of rotatable bonds is 5. The summed E-state index contributed by atoms with van der Waals surface area (Å²) < 4.78 is 5.70. The first-order chi connectivity index (χ1) is 8.70. The molecule has 1 aromatic carbocycles. The number of hydrogen-bond acceptors (Lipinski definition) is 5. The minimum absolute atomic E-state index is 0.0176. The Balaban J connectivity index is 2.09. The van der Waals surface area contributed by atoms with Gasteiger partial charge in [-0.05, 0) is 17.7 Å². The van der Waals surface area contributed by atoms with E-state index in [0.29, 0.717) is 12.4 Å². The average Bonchev–Trinajstić information content (AvgIpc) is 2.81. The van der Waals surface area contributed by atoms with Crippen LogP contribution in [0.2, 0.25) is 0 Å². The summed E-state index contributed by atoms with van der Waals surface area (Å²) in [5.41, 5.74) is 7.04. The second-order valence-electron chi connectivity index (χ2n) is 4.04.